The minimum Gasteiger partial charge on any atom is -0.398 e. The van der Waals surface area contributed by atoms with Gasteiger partial charge in [-0.1, -0.05) is 29.3 Å². The number of benzene rings is 2. The first-order valence-electron chi connectivity index (χ1n) is 5.65. The molecule has 0 radical (unpaired) electrons. The van der Waals surface area contributed by atoms with Crippen molar-refractivity contribution in [2.24, 2.45) is 0 Å². The third kappa shape index (κ3) is 3.18. The van der Waals surface area contributed by atoms with Gasteiger partial charge in [0.25, 0.3) is 0 Å². The Balaban J connectivity index is 2.31. The van der Waals surface area contributed by atoms with E-state index in [9.17, 15) is 9.50 Å². The van der Waals surface area contributed by atoms with Gasteiger partial charge < -0.3 is 10.8 Å². The minimum atomic E-state index is -0.965. The molecule has 5 heteroatoms. The van der Waals surface area contributed by atoms with Gasteiger partial charge in [-0.15, -0.1) is 0 Å². The van der Waals surface area contributed by atoms with Crippen LogP contribution >= 0.6 is 23.2 Å². The highest BCUT2D eigenvalue weighted by Gasteiger charge is 2.16. The molecule has 2 aromatic rings. The Kier molecular flexibility index (Phi) is 4.30. The summed E-state index contributed by atoms with van der Waals surface area (Å²) in [6, 6.07) is 8.97. The second-order valence-corrected chi connectivity index (χ2v) is 5.01. The zero-order valence-electron chi connectivity index (χ0n) is 9.91. The smallest absolute Gasteiger partial charge is 0.123 e. The summed E-state index contributed by atoms with van der Waals surface area (Å²) < 4.78 is 13.2. The van der Waals surface area contributed by atoms with Crippen LogP contribution in [0.4, 0.5) is 10.1 Å². The molecule has 0 aliphatic carbocycles. The van der Waals surface area contributed by atoms with E-state index >= 15 is 0 Å². The lowest BCUT2D eigenvalue weighted by Gasteiger charge is -2.15. The van der Waals surface area contributed by atoms with Gasteiger partial charge in [0, 0.05) is 27.7 Å². The molecule has 2 rings (SSSR count). The van der Waals surface area contributed by atoms with Gasteiger partial charge in [-0.2, -0.15) is 0 Å². The summed E-state index contributed by atoms with van der Waals surface area (Å²) in [5, 5.41) is 11.1. The van der Waals surface area contributed by atoms with Crippen LogP contribution in [0.25, 0.3) is 0 Å². The molecule has 3 N–H and O–H groups in total. The average Bonchev–Trinajstić information content (AvgIpc) is 2.37. The lowest BCUT2D eigenvalue weighted by atomic mass is 10.00. The summed E-state index contributed by atoms with van der Waals surface area (Å²) in [6.07, 6.45) is -0.792. The number of hydrogen-bond acceptors (Lipinski definition) is 2. The van der Waals surface area contributed by atoms with Gasteiger partial charge in [-0.25, -0.2) is 4.39 Å². The Bertz CT molecular complexity index is 584. The van der Waals surface area contributed by atoms with Gasteiger partial charge >= 0.3 is 0 Å². The monoisotopic (exact) mass is 299 g/mol. The van der Waals surface area contributed by atoms with E-state index in [2.05, 4.69) is 0 Å². The number of aliphatic hydroxyl groups is 1. The van der Waals surface area contributed by atoms with Crippen LogP contribution < -0.4 is 5.73 Å². The van der Waals surface area contributed by atoms with Gasteiger partial charge in [0.05, 0.1) is 6.10 Å². The SMILES string of the molecule is Nc1ccc(F)cc1C(O)Cc1c(Cl)cccc1Cl. The van der Waals surface area contributed by atoms with E-state index in [0.717, 1.165) is 0 Å². The van der Waals surface area contributed by atoms with Crippen LogP contribution in [-0.4, -0.2) is 5.11 Å². The fraction of sp³-hybridized carbons (Fsp3) is 0.143. The lowest BCUT2D eigenvalue weighted by molar-refractivity contribution is 0.179. The Morgan fingerprint density at radius 1 is 1.16 bits per heavy atom. The lowest BCUT2D eigenvalue weighted by Crippen LogP contribution is -2.06. The number of halogens is 3. The number of nitrogen functional groups attached to an aromatic ring is 1. The van der Waals surface area contributed by atoms with Crippen LogP contribution in [0.1, 0.15) is 17.2 Å². The number of rotatable bonds is 3. The zero-order valence-corrected chi connectivity index (χ0v) is 11.4. The van der Waals surface area contributed by atoms with Crippen LogP contribution in [0.15, 0.2) is 36.4 Å². The van der Waals surface area contributed by atoms with Gasteiger partial charge in [0.2, 0.25) is 0 Å². The summed E-state index contributed by atoms with van der Waals surface area (Å²) in [4.78, 5) is 0. The molecule has 0 saturated heterocycles. The zero-order chi connectivity index (χ0) is 14.0. The minimum absolute atomic E-state index is 0.173. The first-order valence-corrected chi connectivity index (χ1v) is 6.40. The van der Waals surface area contributed by atoms with Crippen molar-refractivity contribution >= 4 is 28.9 Å². The standard InChI is InChI=1S/C14H12Cl2FNO/c15-11-2-1-3-12(16)9(11)7-14(19)10-6-8(17)4-5-13(10)18/h1-6,14,19H,7,18H2. The van der Waals surface area contributed by atoms with Gasteiger partial charge in [-0.05, 0) is 35.9 Å². The van der Waals surface area contributed by atoms with Crippen molar-refractivity contribution in [3.63, 3.8) is 0 Å². The fourth-order valence-electron chi connectivity index (χ4n) is 1.86. The maximum absolute atomic E-state index is 13.2. The highest BCUT2D eigenvalue weighted by atomic mass is 35.5. The third-order valence-electron chi connectivity index (χ3n) is 2.87. The molecule has 2 nitrogen and oxygen atoms in total. The maximum Gasteiger partial charge on any atom is 0.123 e. The van der Waals surface area contributed by atoms with Gasteiger partial charge in [0.15, 0.2) is 0 Å². The van der Waals surface area contributed by atoms with Gasteiger partial charge in [0.1, 0.15) is 5.82 Å². The van der Waals surface area contributed by atoms with E-state index in [1.54, 1.807) is 18.2 Å². The van der Waals surface area contributed by atoms with Crippen molar-refractivity contribution in [2.75, 3.05) is 5.73 Å². The Hall–Kier alpha value is -1.29. The molecule has 19 heavy (non-hydrogen) atoms. The molecule has 0 aliphatic heterocycles. The van der Waals surface area contributed by atoms with Crippen molar-refractivity contribution in [1.82, 2.24) is 0 Å². The molecular weight excluding hydrogens is 288 g/mol. The molecule has 0 bridgehead atoms. The third-order valence-corrected chi connectivity index (χ3v) is 3.58. The van der Waals surface area contributed by atoms with Crippen LogP contribution in [0.5, 0.6) is 0 Å². The summed E-state index contributed by atoms with van der Waals surface area (Å²) in [7, 11) is 0. The molecule has 0 heterocycles. The van der Waals surface area contributed by atoms with Crippen molar-refractivity contribution in [3.05, 3.63) is 63.4 Å². The molecule has 0 saturated carbocycles. The van der Waals surface area contributed by atoms with E-state index in [1.165, 1.54) is 18.2 Å². The summed E-state index contributed by atoms with van der Waals surface area (Å²) in [6.45, 7) is 0. The first kappa shape index (κ1) is 14.1. The second-order valence-electron chi connectivity index (χ2n) is 4.19. The molecule has 0 fully saturated rings. The summed E-state index contributed by atoms with van der Waals surface area (Å²) in [5.41, 5.74) is 7.00. The van der Waals surface area contributed by atoms with E-state index in [0.29, 0.717) is 26.9 Å². The molecule has 0 aliphatic rings. The van der Waals surface area contributed by atoms with E-state index in [4.69, 9.17) is 28.9 Å². The van der Waals surface area contributed by atoms with Crippen LogP contribution in [-0.2, 0) is 6.42 Å². The Morgan fingerprint density at radius 2 is 1.79 bits per heavy atom. The normalized spacial score (nSPS) is 12.4. The molecule has 0 spiro atoms. The van der Waals surface area contributed by atoms with Crippen molar-refractivity contribution in [2.45, 2.75) is 12.5 Å². The average molecular weight is 300 g/mol. The van der Waals surface area contributed by atoms with Crippen molar-refractivity contribution in [1.29, 1.82) is 0 Å². The topological polar surface area (TPSA) is 46.2 Å². The highest BCUT2D eigenvalue weighted by Crippen LogP contribution is 2.31. The van der Waals surface area contributed by atoms with E-state index in [1.807, 2.05) is 0 Å². The van der Waals surface area contributed by atoms with E-state index < -0.39 is 11.9 Å². The molecule has 2 aromatic carbocycles. The van der Waals surface area contributed by atoms with Crippen LogP contribution in [0.3, 0.4) is 0 Å². The van der Waals surface area contributed by atoms with Crippen molar-refractivity contribution in [3.8, 4) is 0 Å². The summed E-state index contributed by atoms with van der Waals surface area (Å²) >= 11 is 12.1. The van der Waals surface area contributed by atoms with Crippen LogP contribution in [0, 0.1) is 5.82 Å². The largest absolute Gasteiger partial charge is 0.398 e. The molecule has 100 valence electrons. The molecule has 1 atom stereocenters. The highest BCUT2D eigenvalue weighted by molar-refractivity contribution is 6.36. The number of aliphatic hydroxyl groups excluding tert-OH is 1. The van der Waals surface area contributed by atoms with Crippen LogP contribution in [0.2, 0.25) is 10.0 Å². The maximum atomic E-state index is 13.2. The van der Waals surface area contributed by atoms with Crippen molar-refractivity contribution < 1.29 is 9.50 Å². The number of anilines is 1. The predicted molar refractivity (Wildman–Crippen MR) is 75.9 cm³/mol. The van der Waals surface area contributed by atoms with E-state index in [-0.39, 0.29) is 6.42 Å². The first-order chi connectivity index (χ1) is 8.99. The molecular formula is C14H12Cl2FNO. The Labute approximate surface area is 120 Å². The quantitative estimate of drug-likeness (QED) is 0.842. The number of hydrogen-bond donors (Lipinski definition) is 2. The summed E-state index contributed by atoms with van der Waals surface area (Å²) in [5.74, 6) is -0.450. The van der Waals surface area contributed by atoms with Gasteiger partial charge in [-0.3, -0.25) is 0 Å². The molecule has 0 aromatic heterocycles. The number of nitrogens with two attached hydrogens (primary N) is 1. The second kappa shape index (κ2) is 5.78. The fourth-order valence-corrected chi connectivity index (χ4v) is 2.42. The predicted octanol–water partition coefficient (Wildman–Crippen LogP) is 3.99. The molecule has 1 unspecified atom stereocenters. The molecule has 0 amide bonds. The Morgan fingerprint density at radius 3 is 2.42 bits per heavy atom.